The zero-order valence-corrected chi connectivity index (χ0v) is 18.2. The Bertz CT molecular complexity index is 1170. The van der Waals surface area contributed by atoms with E-state index in [2.05, 4.69) is 24.9 Å². The molecule has 0 spiro atoms. The van der Waals surface area contributed by atoms with E-state index in [4.69, 9.17) is 16.1 Å². The van der Waals surface area contributed by atoms with E-state index in [0.29, 0.717) is 49.1 Å². The van der Waals surface area contributed by atoms with Crippen LogP contribution in [0.15, 0.2) is 41.4 Å². The molecule has 1 aliphatic heterocycles. The van der Waals surface area contributed by atoms with E-state index in [1.807, 2.05) is 18.2 Å². The van der Waals surface area contributed by atoms with Crippen LogP contribution in [0.25, 0.3) is 11.4 Å². The molecule has 0 bridgehead atoms. The minimum Gasteiger partial charge on any atom is -0.342 e. The van der Waals surface area contributed by atoms with Crippen LogP contribution >= 0.6 is 11.6 Å². The molecule has 13 heteroatoms. The van der Waals surface area contributed by atoms with Gasteiger partial charge in [-0.3, -0.25) is 9.62 Å². The first-order valence-corrected chi connectivity index (χ1v) is 11.7. The second-order valence-corrected chi connectivity index (χ2v) is 9.29. The van der Waals surface area contributed by atoms with Crippen LogP contribution in [0.1, 0.15) is 5.56 Å². The molecule has 1 amide bonds. The van der Waals surface area contributed by atoms with Crippen LogP contribution in [-0.2, 0) is 16.6 Å². The highest BCUT2D eigenvalue weighted by molar-refractivity contribution is 7.92. The Kier molecular flexibility index (Phi) is 5.94. The molecule has 1 N–H and O–H groups in total. The van der Waals surface area contributed by atoms with Crippen LogP contribution in [-0.4, -0.2) is 76.6 Å². The third-order valence-electron chi connectivity index (χ3n) is 4.76. The van der Waals surface area contributed by atoms with E-state index in [0.717, 1.165) is 16.5 Å². The number of rotatable bonds is 5. The predicted octanol–water partition coefficient (Wildman–Crippen LogP) is 1.74. The topological polar surface area (TPSA) is 126 Å². The summed E-state index contributed by atoms with van der Waals surface area (Å²) >= 11 is 6.25. The first-order valence-electron chi connectivity index (χ1n) is 9.39. The largest absolute Gasteiger partial charge is 0.344 e. The molecule has 2 aromatic heterocycles. The molecular formula is C18H20ClN7O4S. The van der Waals surface area contributed by atoms with E-state index in [1.165, 1.54) is 18.7 Å². The van der Waals surface area contributed by atoms with Gasteiger partial charge in [0.1, 0.15) is 0 Å². The lowest BCUT2D eigenvalue weighted by molar-refractivity contribution is 0.134. The molecule has 1 aromatic carbocycles. The normalized spacial score (nSPS) is 15.2. The minimum atomic E-state index is -3.45. The maximum absolute atomic E-state index is 12.7. The second-order valence-electron chi connectivity index (χ2n) is 7.13. The third-order valence-corrected chi connectivity index (χ3v) is 5.67. The number of hydrogen-bond donors (Lipinski definition) is 1. The maximum atomic E-state index is 12.7. The van der Waals surface area contributed by atoms with Crippen molar-refractivity contribution >= 4 is 33.5 Å². The number of benzene rings is 1. The van der Waals surface area contributed by atoms with Crippen LogP contribution in [0.4, 0.5) is 10.6 Å². The maximum Gasteiger partial charge on any atom is 0.344 e. The number of piperazine rings is 1. The van der Waals surface area contributed by atoms with Crippen molar-refractivity contribution in [1.29, 1.82) is 0 Å². The van der Waals surface area contributed by atoms with E-state index in [1.54, 1.807) is 4.90 Å². The number of carbonyl (C=O) groups excluding carboxylic acids is 1. The van der Waals surface area contributed by atoms with Crippen molar-refractivity contribution in [1.82, 2.24) is 29.7 Å². The van der Waals surface area contributed by atoms with Crippen molar-refractivity contribution in [3.8, 4) is 11.4 Å². The molecule has 3 heterocycles. The summed E-state index contributed by atoms with van der Waals surface area (Å²) in [6.45, 7) is 3.11. The number of hydrogen-bond acceptors (Lipinski definition) is 8. The van der Waals surface area contributed by atoms with Gasteiger partial charge in [-0.05, 0) is 17.7 Å². The molecule has 31 heavy (non-hydrogen) atoms. The Morgan fingerprint density at radius 2 is 2.00 bits per heavy atom. The summed E-state index contributed by atoms with van der Waals surface area (Å²) in [7, 11) is -3.45. The molecule has 164 valence electrons. The summed E-state index contributed by atoms with van der Waals surface area (Å²) in [5.41, 5.74) is 1.76. The van der Waals surface area contributed by atoms with Gasteiger partial charge in [-0.15, -0.1) is 5.10 Å². The number of nitrogens with one attached hydrogen (secondary N) is 1. The molecule has 0 saturated carbocycles. The van der Waals surface area contributed by atoms with Gasteiger partial charge in [0.25, 0.3) is 0 Å². The van der Waals surface area contributed by atoms with E-state index in [-0.39, 0.29) is 11.8 Å². The van der Waals surface area contributed by atoms with Gasteiger partial charge in [0, 0.05) is 50.6 Å². The molecule has 11 nitrogen and oxygen atoms in total. The van der Waals surface area contributed by atoms with Gasteiger partial charge in [0.2, 0.25) is 22.2 Å². The fourth-order valence-corrected chi connectivity index (χ4v) is 4.00. The van der Waals surface area contributed by atoms with Crippen LogP contribution in [0.3, 0.4) is 0 Å². The molecule has 1 aliphatic rings. The number of halogens is 1. The average molecular weight is 466 g/mol. The van der Waals surface area contributed by atoms with Gasteiger partial charge >= 0.3 is 6.03 Å². The highest BCUT2D eigenvalue weighted by Crippen LogP contribution is 2.27. The van der Waals surface area contributed by atoms with E-state index in [9.17, 15) is 13.2 Å². The monoisotopic (exact) mass is 465 g/mol. The summed E-state index contributed by atoms with van der Waals surface area (Å²) in [5, 5.41) is 8.38. The predicted molar refractivity (Wildman–Crippen MR) is 113 cm³/mol. The zero-order chi connectivity index (χ0) is 22.0. The van der Waals surface area contributed by atoms with Crippen molar-refractivity contribution in [2.45, 2.75) is 6.54 Å². The quantitative estimate of drug-likeness (QED) is 0.603. The van der Waals surface area contributed by atoms with Crippen molar-refractivity contribution < 1.29 is 17.7 Å². The Morgan fingerprint density at radius 1 is 1.23 bits per heavy atom. The Labute approximate surface area is 183 Å². The highest BCUT2D eigenvalue weighted by atomic mass is 35.5. The molecule has 0 aliphatic carbocycles. The van der Waals surface area contributed by atoms with Gasteiger partial charge in [-0.1, -0.05) is 22.8 Å². The molecule has 0 radical (unpaired) electrons. The summed E-state index contributed by atoms with van der Waals surface area (Å²) in [4.78, 5) is 20.6. The van der Waals surface area contributed by atoms with Crippen molar-refractivity contribution in [3.63, 3.8) is 0 Å². The van der Waals surface area contributed by atoms with Crippen LogP contribution in [0.2, 0.25) is 5.02 Å². The summed E-state index contributed by atoms with van der Waals surface area (Å²) in [5.74, 6) is 0.542. The highest BCUT2D eigenvalue weighted by Gasteiger charge is 2.23. The van der Waals surface area contributed by atoms with Gasteiger partial charge < -0.3 is 9.42 Å². The van der Waals surface area contributed by atoms with Gasteiger partial charge in [0.05, 0.1) is 11.3 Å². The lowest BCUT2D eigenvalue weighted by Crippen LogP contribution is -2.49. The third kappa shape index (κ3) is 5.21. The molecule has 0 unspecified atom stereocenters. The van der Waals surface area contributed by atoms with Gasteiger partial charge in [-0.2, -0.15) is 9.67 Å². The Balaban J connectivity index is 1.35. The molecule has 0 atom stereocenters. The lowest BCUT2D eigenvalue weighted by atomic mass is 10.1. The lowest BCUT2D eigenvalue weighted by Gasteiger charge is -2.34. The van der Waals surface area contributed by atoms with Crippen LogP contribution in [0.5, 0.6) is 0 Å². The van der Waals surface area contributed by atoms with Crippen molar-refractivity contribution in [2.75, 3.05) is 37.2 Å². The molecule has 3 aromatic rings. The molecule has 1 fully saturated rings. The first-order chi connectivity index (χ1) is 14.8. The van der Waals surface area contributed by atoms with E-state index >= 15 is 0 Å². The van der Waals surface area contributed by atoms with E-state index < -0.39 is 10.0 Å². The Morgan fingerprint density at radius 3 is 2.68 bits per heavy atom. The molecular weight excluding hydrogens is 446 g/mol. The number of amides is 1. The first kappa shape index (κ1) is 21.3. The summed E-state index contributed by atoms with van der Waals surface area (Å²) in [6.07, 6.45) is 3.72. The zero-order valence-electron chi connectivity index (χ0n) is 16.6. The van der Waals surface area contributed by atoms with Crippen LogP contribution in [0, 0.1) is 0 Å². The smallest absolute Gasteiger partial charge is 0.342 e. The number of sulfonamides is 1. The summed E-state index contributed by atoms with van der Waals surface area (Å²) < 4.78 is 30.8. The van der Waals surface area contributed by atoms with Gasteiger partial charge in [0.15, 0.2) is 5.82 Å². The molecule has 4 rings (SSSR count). The molecule has 1 saturated heterocycles. The summed E-state index contributed by atoms with van der Waals surface area (Å²) in [6, 6.07) is 6.83. The standard InChI is InChI=1S/C18H20ClN7O4S/c1-31(28,29)23-16-4-5-26(21-16)18(27)25-8-6-24(7-9-25)11-13-2-3-15(19)14(10-13)17-20-12-30-22-17/h2-5,10,12H,6-9,11H2,1H3,(H,21,23). The number of anilines is 1. The number of carbonyl (C=O) groups is 1. The minimum absolute atomic E-state index is 0.106. The fourth-order valence-electron chi connectivity index (χ4n) is 3.31. The number of aromatic nitrogens is 4. The van der Waals surface area contributed by atoms with Gasteiger partial charge in [-0.25, -0.2) is 13.2 Å². The Hall–Kier alpha value is -2.96. The fraction of sp³-hybridized carbons (Fsp3) is 0.333. The second kappa shape index (κ2) is 8.65. The van der Waals surface area contributed by atoms with Crippen LogP contribution < -0.4 is 4.72 Å². The average Bonchev–Trinajstić information content (AvgIpc) is 3.40. The SMILES string of the molecule is CS(=O)(=O)Nc1ccn(C(=O)N2CCN(Cc3ccc(Cl)c(-c4ncon4)c3)CC2)n1. The van der Waals surface area contributed by atoms with Crippen molar-refractivity contribution in [2.24, 2.45) is 0 Å². The van der Waals surface area contributed by atoms with Crippen molar-refractivity contribution in [3.05, 3.63) is 47.4 Å². The number of nitrogens with zero attached hydrogens (tertiary/aromatic N) is 6.